The summed E-state index contributed by atoms with van der Waals surface area (Å²) in [7, 11) is 0. The van der Waals surface area contributed by atoms with E-state index in [2.05, 4.69) is 9.97 Å². The second-order valence-corrected chi connectivity index (χ2v) is 7.60. The van der Waals surface area contributed by atoms with Crippen LogP contribution in [0.15, 0.2) is 48.5 Å². The molecule has 1 aliphatic rings. The van der Waals surface area contributed by atoms with E-state index in [4.69, 9.17) is 0 Å². The van der Waals surface area contributed by atoms with Gasteiger partial charge >= 0.3 is 12.4 Å². The molecule has 1 aliphatic heterocycles. The number of rotatable bonds is 2. The molecule has 3 aromatic rings. The van der Waals surface area contributed by atoms with Crippen molar-refractivity contribution in [3.05, 3.63) is 65.5 Å². The Morgan fingerprint density at radius 2 is 1.58 bits per heavy atom. The van der Waals surface area contributed by atoms with Crippen LogP contribution in [0.2, 0.25) is 0 Å². The van der Waals surface area contributed by atoms with Crippen molar-refractivity contribution in [2.24, 2.45) is 0 Å². The zero-order valence-corrected chi connectivity index (χ0v) is 17.1. The Bertz CT molecular complexity index is 1180. The lowest BCUT2D eigenvalue weighted by atomic mass is 10.1. The summed E-state index contributed by atoms with van der Waals surface area (Å²) < 4.78 is 79.0. The van der Waals surface area contributed by atoms with E-state index in [1.807, 2.05) is 0 Å². The van der Waals surface area contributed by atoms with Crippen molar-refractivity contribution in [3.8, 4) is 0 Å². The van der Waals surface area contributed by atoms with Gasteiger partial charge in [0.05, 0.1) is 11.1 Å². The van der Waals surface area contributed by atoms with Crippen molar-refractivity contribution in [1.29, 1.82) is 0 Å². The number of amides is 1. The highest BCUT2D eigenvalue weighted by molar-refractivity contribution is 5.94. The van der Waals surface area contributed by atoms with Crippen molar-refractivity contribution in [3.63, 3.8) is 0 Å². The minimum atomic E-state index is -4.73. The molecule has 5 nitrogen and oxygen atoms in total. The lowest BCUT2D eigenvalue weighted by molar-refractivity contribution is -0.144. The lowest BCUT2D eigenvalue weighted by Gasteiger charge is -2.24. The average molecular weight is 468 g/mol. The van der Waals surface area contributed by atoms with Gasteiger partial charge < -0.3 is 9.80 Å². The van der Waals surface area contributed by atoms with Gasteiger partial charge in [-0.1, -0.05) is 18.2 Å². The van der Waals surface area contributed by atoms with Gasteiger partial charge in [-0.2, -0.15) is 26.3 Å². The fourth-order valence-electron chi connectivity index (χ4n) is 3.77. The smallest absolute Gasteiger partial charge is 0.354 e. The number of fused-ring (bicyclic) bond motifs is 1. The number of benzene rings is 2. The number of nitrogens with zero attached hydrogens (tertiary/aromatic N) is 4. The molecular formula is C22H18F6N4O. The highest BCUT2D eigenvalue weighted by Crippen LogP contribution is 2.32. The number of hydrogen-bond acceptors (Lipinski definition) is 4. The molecule has 174 valence electrons. The first-order valence-corrected chi connectivity index (χ1v) is 10.1. The Morgan fingerprint density at radius 1 is 0.818 bits per heavy atom. The van der Waals surface area contributed by atoms with E-state index in [9.17, 15) is 31.1 Å². The monoisotopic (exact) mass is 468 g/mol. The first kappa shape index (κ1) is 22.8. The predicted octanol–water partition coefficient (Wildman–Crippen LogP) is 5.02. The summed E-state index contributed by atoms with van der Waals surface area (Å²) in [6.45, 7) is 0.864. The van der Waals surface area contributed by atoms with Crippen LogP contribution in [0.5, 0.6) is 0 Å². The SMILES string of the molecule is O=C(c1cccc(C(F)(F)F)c1)N1CCCN(c2nc(C(F)(F)F)nc3ccccc23)CC1. The van der Waals surface area contributed by atoms with Crippen molar-refractivity contribution in [2.45, 2.75) is 18.8 Å². The molecule has 0 saturated carbocycles. The minimum Gasteiger partial charge on any atom is -0.354 e. The summed E-state index contributed by atoms with van der Waals surface area (Å²) in [5.74, 6) is -1.70. The molecule has 1 aromatic heterocycles. The van der Waals surface area contributed by atoms with Crippen LogP contribution in [0.3, 0.4) is 0 Å². The molecule has 2 aromatic carbocycles. The van der Waals surface area contributed by atoms with Gasteiger partial charge in [-0.25, -0.2) is 9.97 Å². The van der Waals surface area contributed by atoms with Crippen LogP contribution >= 0.6 is 0 Å². The van der Waals surface area contributed by atoms with Crippen LogP contribution in [-0.2, 0) is 12.4 Å². The maximum absolute atomic E-state index is 13.3. The molecule has 2 heterocycles. The number of carbonyl (C=O) groups excluding carboxylic acids is 1. The lowest BCUT2D eigenvalue weighted by Crippen LogP contribution is -2.35. The molecule has 0 atom stereocenters. The largest absolute Gasteiger partial charge is 0.451 e. The Morgan fingerprint density at radius 3 is 2.30 bits per heavy atom. The molecule has 1 saturated heterocycles. The van der Waals surface area contributed by atoms with Crippen molar-refractivity contribution >= 4 is 22.6 Å². The van der Waals surface area contributed by atoms with Crippen LogP contribution in [0.1, 0.15) is 28.2 Å². The highest BCUT2D eigenvalue weighted by atomic mass is 19.4. The first-order chi connectivity index (χ1) is 15.5. The van der Waals surface area contributed by atoms with Crippen LogP contribution in [0.4, 0.5) is 32.2 Å². The average Bonchev–Trinajstić information content (AvgIpc) is 3.03. The summed E-state index contributed by atoms with van der Waals surface area (Å²) in [6, 6.07) is 10.5. The van der Waals surface area contributed by atoms with Crippen molar-refractivity contribution < 1.29 is 31.1 Å². The molecule has 1 amide bonds. The van der Waals surface area contributed by atoms with E-state index in [0.717, 1.165) is 12.1 Å². The Kier molecular flexibility index (Phi) is 5.89. The molecule has 0 spiro atoms. The Hall–Kier alpha value is -3.37. The molecular weight excluding hydrogens is 450 g/mol. The van der Waals surface area contributed by atoms with Gasteiger partial charge in [-0.15, -0.1) is 0 Å². The topological polar surface area (TPSA) is 49.3 Å². The Labute approximate surface area is 184 Å². The summed E-state index contributed by atoms with van der Waals surface area (Å²) in [4.78, 5) is 23.3. The van der Waals surface area contributed by atoms with Gasteiger partial charge in [0, 0.05) is 37.1 Å². The van der Waals surface area contributed by atoms with Crippen molar-refractivity contribution in [1.82, 2.24) is 14.9 Å². The van der Waals surface area contributed by atoms with Gasteiger partial charge in [0.2, 0.25) is 5.82 Å². The molecule has 11 heteroatoms. The van der Waals surface area contributed by atoms with Gasteiger partial charge in [0.25, 0.3) is 5.91 Å². The maximum atomic E-state index is 13.3. The van der Waals surface area contributed by atoms with Crippen LogP contribution in [-0.4, -0.2) is 47.0 Å². The molecule has 4 rings (SSSR count). The zero-order valence-electron chi connectivity index (χ0n) is 17.1. The molecule has 0 aliphatic carbocycles. The fourth-order valence-corrected chi connectivity index (χ4v) is 3.77. The minimum absolute atomic E-state index is 0.0925. The summed E-state index contributed by atoms with van der Waals surface area (Å²) in [6.07, 6.45) is -8.89. The summed E-state index contributed by atoms with van der Waals surface area (Å²) in [5.41, 5.74) is -0.863. The van der Waals surface area contributed by atoms with Crippen molar-refractivity contribution in [2.75, 3.05) is 31.1 Å². The number of alkyl halides is 6. The molecule has 0 unspecified atom stereocenters. The molecule has 1 fully saturated rings. The van der Waals surface area contributed by atoms with E-state index in [1.54, 1.807) is 23.1 Å². The van der Waals surface area contributed by atoms with Gasteiger partial charge in [-0.05, 0) is 36.8 Å². The fraction of sp³-hybridized carbons (Fsp3) is 0.318. The second-order valence-electron chi connectivity index (χ2n) is 7.60. The van der Waals surface area contributed by atoms with Crippen LogP contribution in [0, 0.1) is 0 Å². The summed E-state index contributed by atoms with van der Waals surface area (Å²) >= 11 is 0. The second kappa shape index (κ2) is 8.53. The van der Waals surface area contributed by atoms with Gasteiger partial charge in [0.15, 0.2) is 0 Å². The number of halogens is 6. The number of anilines is 1. The van der Waals surface area contributed by atoms with E-state index in [0.29, 0.717) is 18.4 Å². The van der Waals surface area contributed by atoms with E-state index in [1.165, 1.54) is 23.1 Å². The number of para-hydroxylation sites is 1. The third-order valence-electron chi connectivity index (χ3n) is 5.36. The number of aromatic nitrogens is 2. The van der Waals surface area contributed by atoms with E-state index >= 15 is 0 Å². The van der Waals surface area contributed by atoms with Crippen LogP contribution < -0.4 is 4.90 Å². The first-order valence-electron chi connectivity index (χ1n) is 10.1. The number of hydrogen-bond donors (Lipinski definition) is 0. The normalized spacial score (nSPS) is 15.6. The third kappa shape index (κ3) is 4.86. The van der Waals surface area contributed by atoms with Gasteiger partial charge in [0.1, 0.15) is 5.82 Å². The molecule has 0 radical (unpaired) electrons. The maximum Gasteiger partial charge on any atom is 0.451 e. The Balaban J connectivity index is 1.59. The predicted molar refractivity (Wildman–Crippen MR) is 109 cm³/mol. The summed E-state index contributed by atoms with van der Waals surface area (Å²) in [5, 5.41) is 0.447. The van der Waals surface area contributed by atoms with E-state index in [-0.39, 0.29) is 36.5 Å². The molecule has 0 bridgehead atoms. The molecule has 0 N–H and O–H groups in total. The zero-order chi connectivity index (χ0) is 23.8. The van der Waals surface area contributed by atoms with Crippen LogP contribution in [0.25, 0.3) is 10.9 Å². The van der Waals surface area contributed by atoms with E-state index < -0.39 is 29.6 Å². The quantitative estimate of drug-likeness (QED) is 0.496. The number of carbonyl (C=O) groups is 1. The standard InChI is InChI=1S/C22H18F6N4O/c23-21(24,25)15-6-3-5-14(13-15)19(33)32-10-4-9-31(11-12-32)18-16-7-1-2-8-17(16)29-20(30-18)22(26,27)28/h1-3,5-8,13H,4,9-12H2. The van der Waals surface area contributed by atoms with Gasteiger partial charge in [-0.3, -0.25) is 4.79 Å². The third-order valence-corrected chi connectivity index (χ3v) is 5.36. The molecule has 33 heavy (non-hydrogen) atoms. The highest BCUT2D eigenvalue weighted by Gasteiger charge is 2.36.